The van der Waals surface area contributed by atoms with Crippen LogP contribution in [-0.2, 0) is 11.3 Å². The molecule has 2 aromatic carbocycles. The predicted molar refractivity (Wildman–Crippen MR) is 125 cm³/mol. The summed E-state index contributed by atoms with van der Waals surface area (Å²) in [5, 5.41) is 10.9. The van der Waals surface area contributed by atoms with E-state index >= 15 is 0 Å². The highest BCUT2D eigenvalue weighted by atomic mass is 35.5. The van der Waals surface area contributed by atoms with Gasteiger partial charge in [-0.1, -0.05) is 11.6 Å². The number of aryl methyl sites for hydroxylation is 1. The molecule has 2 aliphatic heterocycles. The van der Waals surface area contributed by atoms with Gasteiger partial charge in [-0.25, -0.2) is 0 Å². The molecule has 172 valence electrons. The second kappa shape index (κ2) is 8.54. The molecule has 34 heavy (non-hydrogen) atoms. The minimum atomic E-state index is -0.465. The number of nitrogens with zero attached hydrogens (tertiary/aromatic N) is 2. The number of amides is 2. The number of imide groups is 1. The van der Waals surface area contributed by atoms with Gasteiger partial charge in [-0.3, -0.25) is 24.6 Å². The zero-order valence-electron chi connectivity index (χ0n) is 17.6. The van der Waals surface area contributed by atoms with E-state index in [1.807, 2.05) is 0 Å². The van der Waals surface area contributed by atoms with E-state index in [1.165, 1.54) is 18.2 Å². The maximum absolute atomic E-state index is 12.9. The van der Waals surface area contributed by atoms with E-state index in [9.17, 15) is 19.7 Å². The number of hydrogen-bond acceptors (Lipinski definition) is 8. The first-order chi connectivity index (χ1) is 16.3. The first kappa shape index (κ1) is 22.1. The van der Waals surface area contributed by atoms with Gasteiger partial charge in [-0.05, 0) is 54.1 Å². The molecule has 5 rings (SSSR count). The Morgan fingerprint density at radius 2 is 1.91 bits per heavy atom. The number of nitro groups is 1. The fourth-order valence-electron chi connectivity index (χ4n) is 3.63. The second-order valence-corrected chi connectivity index (χ2v) is 8.92. The third-order valence-electron chi connectivity index (χ3n) is 5.33. The number of furan rings is 1. The van der Waals surface area contributed by atoms with Gasteiger partial charge >= 0.3 is 0 Å². The standard InChI is InChI=1S/C23H15ClN2O7S/c1-12-6-14(26(29)30)2-4-16(12)18-5-3-15(33-18)8-21-22(27)25(23(28)34-21)10-13-7-19-20(9-17(13)24)32-11-31-19/h2-9H,10-11H2,1H3/b21-8-. The van der Waals surface area contributed by atoms with E-state index in [0.717, 1.165) is 16.7 Å². The van der Waals surface area contributed by atoms with Crippen LogP contribution in [0.5, 0.6) is 11.5 Å². The monoisotopic (exact) mass is 498 g/mol. The van der Waals surface area contributed by atoms with Crippen molar-refractivity contribution in [2.75, 3.05) is 6.79 Å². The van der Waals surface area contributed by atoms with Crippen molar-refractivity contribution < 1.29 is 28.4 Å². The smallest absolute Gasteiger partial charge is 0.293 e. The van der Waals surface area contributed by atoms with Crippen molar-refractivity contribution in [2.24, 2.45) is 0 Å². The average Bonchev–Trinajstić information content (AvgIpc) is 3.50. The van der Waals surface area contributed by atoms with Crippen LogP contribution < -0.4 is 9.47 Å². The molecular weight excluding hydrogens is 484 g/mol. The summed E-state index contributed by atoms with van der Waals surface area (Å²) in [5.41, 5.74) is 1.92. The van der Waals surface area contributed by atoms with E-state index < -0.39 is 16.1 Å². The lowest BCUT2D eigenvalue weighted by atomic mass is 10.1. The number of benzene rings is 2. The zero-order chi connectivity index (χ0) is 24.0. The van der Waals surface area contributed by atoms with Crippen LogP contribution in [0.2, 0.25) is 5.02 Å². The number of halogens is 1. The summed E-state index contributed by atoms with van der Waals surface area (Å²) >= 11 is 7.10. The highest BCUT2D eigenvalue weighted by Gasteiger charge is 2.36. The molecule has 0 saturated carbocycles. The van der Waals surface area contributed by atoms with Crippen LogP contribution >= 0.6 is 23.4 Å². The van der Waals surface area contributed by atoms with Crippen LogP contribution in [0.1, 0.15) is 16.9 Å². The second-order valence-electron chi connectivity index (χ2n) is 7.52. The molecule has 0 bridgehead atoms. The SMILES string of the molecule is Cc1cc([N+](=O)[O-])ccc1-c1ccc(/C=C2\SC(=O)N(Cc3cc4c(cc3Cl)OCO4)C2=O)o1. The van der Waals surface area contributed by atoms with Gasteiger partial charge in [-0.2, -0.15) is 0 Å². The fraction of sp³-hybridized carbons (Fsp3) is 0.130. The van der Waals surface area contributed by atoms with Gasteiger partial charge in [0.05, 0.1) is 16.4 Å². The van der Waals surface area contributed by atoms with Crippen LogP contribution in [0.3, 0.4) is 0 Å². The van der Waals surface area contributed by atoms with Gasteiger partial charge in [-0.15, -0.1) is 0 Å². The lowest BCUT2D eigenvalue weighted by Gasteiger charge is -2.14. The lowest BCUT2D eigenvalue weighted by Crippen LogP contribution is -2.27. The number of thioether (sulfide) groups is 1. The Bertz CT molecular complexity index is 1400. The molecule has 1 saturated heterocycles. The molecule has 2 aliphatic rings. The molecule has 9 nitrogen and oxygen atoms in total. The predicted octanol–water partition coefficient (Wildman–Crippen LogP) is 5.78. The first-order valence-electron chi connectivity index (χ1n) is 9.99. The van der Waals surface area contributed by atoms with Crippen LogP contribution in [0.25, 0.3) is 17.4 Å². The quantitative estimate of drug-likeness (QED) is 0.247. The molecule has 0 radical (unpaired) electrons. The van der Waals surface area contributed by atoms with Crippen molar-refractivity contribution in [3.63, 3.8) is 0 Å². The van der Waals surface area contributed by atoms with Crippen LogP contribution in [0.4, 0.5) is 10.5 Å². The van der Waals surface area contributed by atoms with Crippen molar-refractivity contribution in [2.45, 2.75) is 13.5 Å². The Kier molecular flexibility index (Phi) is 5.54. The van der Waals surface area contributed by atoms with Gasteiger partial charge < -0.3 is 13.9 Å². The number of fused-ring (bicyclic) bond motifs is 1. The number of carbonyl (C=O) groups is 2. The largest absolute Gasteiger partial charge is 0.457 e. The minimum absolute atomic E-state index is 0.00994. The van der Waals surface area contributed by atoms with Gasteiger partial charge in [0.2, 0.25) is 6.79 Å². The number of ether oxygens (including phenoxy) is 2. The topological polar surface area (TPSA) is 112 Å². The highest BCUT2D eigenvalue weighted by Crippen LogP contribution is 2.39. The average molecular weight is 499 g/mol. The Labute approximate surface area is 202 Å². The summed E-state index contributed by atoms with van der Waals surface area (Å²) in [6.45, 7) is 1.82. The molecule has 3 heterocycles. The van der Waals surface area contributed by atoms with Crippen molar-refractivity contribution in [1.82, 2.24) is 4.90 Å². The molecule has 2 amide bonds. The van der Waals surface area contributed by atoms with Crippen molar-refractivity contribution in [1.29, 1.82) is 0 Å². The Morgan fingerprint density at radius 1 is 1.15 bits per heavy atom. The minimum Gasteiger partial charge on any atom is -0.457 e. The summed E-state index contributed by atoms with van der Waals surface area (Å²) in [7, 11) is 0. The van der Waals surface area contributed by atoms with Gasteiger partial charge in [0.15, 0.2) is 11.5 Å². The summed E-state index contributed by atoms with van der Waals surface area (Å²) in [6.07, 6.45) is 1.50. The zero-order valence-corrected chi connectivity index (χ0v) is 19.1. The fourth-order valence-corrected chi connectivity index (χ4v) is 4.66. The molecule has 0 N–H and O–H groups in total. The maximum atomic E-state index is 12.9. The maximum Gasteiger partial charge on any atom is 0.293 e. The molecule has 0 atom stereocenters. The number of hydrogen-bond donors (Lipinski definition) is 0. The van der Waals surface area contributed by atoms with E-state index in [1.54, 1.807) is 37.3 Å². The number of non-ortho nitro benzene ring substituents is 1. The van der Waals surface area contributed by atoms with E-state index in [0.29, 0.717) is 44.7 Å². The van der Waals surface area contributed by atoms with E-state index in [2.05, 4.69) is 0 Å². The van der Waals surface area contributed by atoms with Crippen LogP contribution in [0.15, 0.2) is 51.8 Å². The normalized spacial score (nSPS) is 16.1. The Morgan fingerprint density at radius 3 is 2.65 bits per heavy atom. The van der Waals surface area contributed by atoms with Crippen molar-refractivity contribution in [3.05, 3.63) is 79.4 Å². The molecule has 0 aliphatic carbocycles. The molecule has 3 aromatic rings. The van der Waals surface area contributed by atoms with E-state index in [-0.39, 0.29) is 23.9 Å². The molecule has 1 aromatic heterocycles. The molecular formula is C23H15ClN2O7S. The molecule has 0 spiro atoms. The number of nitro benzene ring substituents is 1. The summed E-state index contributed by atoms with van der Waals surface area (Å²) < 4.78 is 16.5. The number of rotatable bonds is 5. The third-order valence-corrected chi connectivity index (χ3v) is 6.59. The third kappa shape index (κ3) is 4.02. The molecule has 0 unspecified atom stereocenters. The van der Waals surface area contributed by atoms with Crippen molar-refractivity contribution >= 4 is 46.3 Å². The number of carbonyl (C=O) groups excluding carboxylic acids is 2. The summed E-state index contributed by atoms with van der Waals surface area (Å²) in [4.78, 5) is 37.3. The summed E-state index contributed by atoms with van der Waals surface area (Å²) in [6, 6.07) is 11.1. The van der Waals surface area contributed by atoms with E-state index in [4.69, 9.17) is 25.5 Å². The molecule has 1 fully saturated rings. The van der Waals surface area contributed by atoms with Gasteiger partial charge in [0.25, 0.3) is 16.8 Å². The van der Waals surface area contributed by atoms with Crippen LogP contribution in [-0.4, -0.2) is 27.8 Å². The first-order valence-corrected chi connectivity index (χ1v) is 11.2. The van der Waals surface area contributed by atoms with Crippen LogP contribution in [0, 0.1) is 17.0 Å². The Balaban J connectivity index is 1.36. The highest BCUT2D eigenvalue weighted by molar-refractivity contribution is 8.18. The lowest BCUT2D eigenvalue weighted by molar-refractivity contribution is -0.384. The van der Waals surface area contributed by atoms with Crippen molar-refractivity contribution in [3.8, 4) is 22.8 Å². The van der Waals surface area contributed by atoms with Gasteiger partial charge in [0.1, 0.15) is 11.5 Å². The Hall–Kier alpha value is -3.76. The summed E-state index contributed by atoms with van der Waals surface area (Å²) in [5.74, 6) is 1.42. The van der Waals surface area contributed by atoms with Gasteiger partial charge in [0, 0.05) is 34.9 Å². The molecule has 11 heteroatoms.